The van der Waals surface area contributed by atoms with Crippen LogP contribution >= 0.6 is 0 Å². The normalized spacial score (nSPS) is 10.5. The van der Waals surface area contributed by atoms with E-state index in [1.165, 1.54) is 11.3 Å². The zero-order chi connectivity index (χ0) is 15.9. The van der Waals surface area contributed by atoms with E-state index in [1.807, 2.05) is 6.07 Å². The molecular formula is C19H32N2O2. The molecule has 0 aliphatic carbocycles. The van der Waals surface area contributed by atoms with Crippen molar-refractivity contribution in [1.82, 2.24) is 4.48 Å². The molecule has 0 heterocycles. The number of hydrogen-bond donors (Lipinski definition) is 0. The maximum Gasteiger partial charge on any atom is 0.132 e. The van der Waals surface area contributed by atoms with Crippen LogP contribution in [0.1, 0.15) is 5.56 Å². The highest BCUT2D eigenvalue weighted by molar-refractivity contribution is 5.40. The lowest BCUT2D eigenvalue weighted by molar-refractivity contribution is -0.884. The number of para-hydroxylation sites is 1. The second-order valence-corrected chi connectivity index (χ2v) is 7.28. The van der Waals surface area contributed by atoms with Crippen LogP contribution in [0.3, 0.4) is 0 Å². The summed E-state index contributed by atoms with van der Waals surface area (Å²) < 4.78 is 1.88. The minimum absolute atomic E-state index is 0. The van der Waals surface area contributed by atoms with Crippen molar-refractivity contribution in [2.45, 2.75) is 6.54 Å². The van der Waals surface area contributed by atoms with Gasteiger partial charge in [-0.2, -0.15) is 0 Å². The van der Waals surface area contributed by atoms with E-state index in [-0.39, 0.29) is 11.0 Å². The van der Waals surface area contributed by atoms with Gasteiger partial charge >= 0.3 is 0 Å². The van der Waals surface area contributed by atoms with Crippen LogP contribution in [-0.2, 0) is 6.54 Å². The summed E-state index contributed by atoms with van der Waals surface area (Å²) in [5.41, 5.74) is 2.74. The van der Waals surface area contributed by atoms with Crippen molar-refractivity contribution in [3.63, 3.8) is 0 Å². The van der Waals surface area contributed by atoms with Gasteiger partial charge in [-0.05, 0) is 12.1 Å². The Hall–Kier alpha value is -1.72. The largest absolute Gasteiger partial charge is 0.870 e. The van der Waals surface area contributed by atoms with Gasteiger partial charge in [0.15, 0.2) is 0 Å². The quantitative estimate of drug-likeness (QED) is 0.814. The lowest BCUT2D eigenvalue weighted by Gasteiger charge is -2.23. The first kappa shape index (κ1) is 23.5. The SMILES string of the molecule is C[N+](C)(C)Cc1ccccc1.C[N+](C)(C)c1ccccc1.[OH-].[OH-]. The number of quaternary nitrogens is 2. The standard InChI is InChI=1S/C10H16N.C9H14N.2H2O/c1-11(2,3)9-10-7-5-4-6-8-10;1-10(2,3)9-7-5-4-6-8-9;;/h4-8H,9H2,1-3H3;4-8H,1-3H3;2*1H2/q2*+1;;/p-2. The minimum atomic E-state index is 0. The van der Waals surface area contributed by atoms with Crippen molar-refractivity contribution in [2.75, 3.05) is 42.3 Å². The Morgan fingerprint density at radius 1 is 0.609 bits per heavy atom. The van der Waals surface area contributed by atoms with E-state index in [1.54, 1.807) is 0 Å². The van der Waals surface area contributed by atoms with E-state index in [0.29, 0.717) is 0 Å². The predicted octanol–water partition coefficient (Wildman–Crippen LogP) is 3.42. The zero-order valence-electron chi connectivity index (χ0n) is 15.3. The van der Waals surface area contributed by atoms with Crippen LogP contribution in [-0.4, -0.2) is 57.7 Å². The van der Waals surface area contributed by atoms with Crippen LogP contribution < -0.4 is 4.48 Å². The van der Waals surface area contributed by atoms with Gasteiger partial charge < -0.3 is 15.4 Å². The van der Waals surface area contributed by atoms with Gasteiger partial charge in [0.05, 0.1) is 42.3 Å². The molecule has 2 N–H and O–H groups in total. The molecule has 0 bridgehead atoms. The second kappa shape index (κ2) is 10.1. The van der Waals surface area contributed by atoms with E-state index in [9.17, 15) is 0 Å². The van der Waals surface area contributed by atoms with Crippen molar-refractivity contribution in [3.05, 3.63) is 66.2 Å². The number of rotatable bonds is 3. The Labute approximate surface area is 141 Å². The van der Waals surface area contributed by atoms with Crippen molar-refractivity contribution < 1.29 is 15.4 Å². The fourth-order valence-electron chi connectivity index (χ4n) is 2.01. The maximum absolute atomic E-state index is 2.20. The highest BCUT2D eigenvalue weighted by Gasteiger charge is 2.09. The van der Waals surface area contributed by atoms with Crippen molar-refractivity contribution in [1.29, 1.82) is 0 Å². The first-order chi connectivity index (χ1) is 9.68. The molecule has 2 aromatic rings. The minimum Gasteiger partial charge on any atom is -0.870 e. The van der Waals surface area contributed by atoms with E-state index >= 15 is 0 Å². The van der Waals surface area contributed by atoms with Crippen LogP contribution in [0.2, 0.25) is 0 Å². The van der Waals surface area contributed by atoms with Crippen LogP contribution in [0.5, 0.6) is 0 Å². The average molecular weight is 320 g/mol. The van der Waals surface area contributed by atoms with Crippen molar-refractivity contribution >= 4 is 5.69 Å². The molecule has 0 atom stereocenters. The van der Waals surface area contributed by atoms with Gasteiger partial charge in [0, 0.05) is 5.56 Å². The molecule has 4 nitrogen and oxygen atoms in total. The predicted molar refractivity (Wildman–Crippen MR) is 98.1 cm³/mol. The average Bonchev–Trinajstić information content (AvgIpc) is 2.39. The fraction of sp³-hybridized carbons (Fsp3) is 0.368. The molecule has 2 rings (SSSR count). The highest BCUT2D eigenvalue weighted by atomic mass is 16.0. The molecule has 2 aromatic carbocycles. The van der Waals surface area contributed by atoms with Crippen LogP contribution in [0.25, 0.3) is 0 Å². The molecule has 0 saturated heterocycles. The summed E-state index contributed by atoms with van der Waals surface area (Å²) in [6, 6.07) is 21.0. The first-order valence-electron chi connectivity index (χ1n) is 7.40. The van der Waals surface area contributed by atoms with Crippen molar-refractivity contribution in [2.24, 2.45) is 0 Å². The Balaban J connectivity index is 0. The first-order valence-corrected chi connectivity index (χ1v) is 7.40. The monoisotopic (exact) mass is 320 g/mol. The van der Waals surface area contributed by atoms with E-state index in [2.05, 4.69) is 96.9 Å². The van der Waals surface area contributed by atoms with Crippen LogP contribution in [0.4, 0.5) is 5.69 Å². The Morgan fingerprint density at radius 3 is 1.30 bits per heavy atom. The second-order valence-electron chi connectivity index (χ2n) is 7.28. The lowest BCUT2D eigenvalue weighted by Crippen LogP contribution is -2.34. The summed E-state index contributed by atoms with van der Waals surface area (Å²) in [4.78, 5) is 0. The molecule has 23 heavy (non-hydrogen) atoms. The van der Waals surface area contributed by atoms with E-state index in [4.69, 9.17) is 0 Å². The third-order valence-corrected chi connectivity index (χ3v) is 3.03. The van der Waals surface area contributed by atoms with E-state index in [0.717, 1.165) is 15.5 Å². The molecule has 4 heteroatoms. The molecule has 0 unspecified atom stereocenters. The van der Waals surface area contributed by atoms with E-state index < -0.39 is 0 Å². The Morgan fingerprint density at radius 2 is 1.00 bits per heavy atom. The molecule has 0 fully saturated rings. The Kier molecular flexibility index (Phi) is 10.4. The maximum atomic E-state index is 2.20. The zero-order valence-corrected chi connectivity index (χ0v) is 15.3. The molecule has 0 amide bonds. The topological polar surface area (TPSA) is 60.0 Å². The summed E-state index contributed by atoms with van der Waals surface area (Å²) in [6.07, 6.45) is 0. The summed E-state index contributed by atoms with van der Waals surface area (Å²) in [5, 5.41) is 0. The third kappa shape index (κ3) is 10.6. The number of hydrogen-bond acceptors (Lipinski definition) is 2. The fourth-order valence-corrected chi connectivity index (χ4v) is 2.01. The van der Waals surface area contributed by atoms with Crippen molar-refractivity contribution in [3.8, 4) is 0 Å². The lowest BCUT2D eigenvalue weighted by atomic mass is 10.2. The van der Waals surface area contributed by atoms with Gasteiger partial charge in [-0.1, -0.05) is 48.5 Å². The molecule has 0 saturated carbocycles. The van der Waals surface area contributed by atoms with Gasteiger partial charge in [-0.25, -0.2) is 0 Å². The molecule has 0 aliphatic rings. The molecule has 130 valence electrons. The number of nitrogens with zero attached hydrogens (tertiary/aromatic N) is 2. The molecule has 0 aromatic heterocycles. The summed E-state index contributed by atoms with van der Waals surface area (Å²) >= 11 is 0. The molecule has 0 aliphatic heterocycles. The van der Waals surface area contributed by atoms with Gasteiger partial charge in [0.1, 0.15) is 12.2 Å². The number of benzene rings is 2. The van der Waals surface area contributed by atoms with Gasteiger partial charge in [-0.3, -0.25) is 4.48 Å². The van der Waals surface area contributed by atoms with Crippen LogP contribution in [0, 0.1) is 0 Å². The molecular weight excluding hydrogens is 288 g/mol. The summed E-state index contributed by atoms with van der Waals surface area (Å²) in [7, 11) is 13.1. The Bertz CT molecular complexity index is 515. The van der Waals surface area contributed by atoms with Gasteiger partial charge in [0.25, 0.3) is 0 Å². The third-order valence-electron chi connectivity index (χ3n) is 3.03. The summed E-state index contributed by atoms with van der Waals surface area (Å²) in [6.45, 7) is 1.10. The summed E-state index contributed by atoms with van der Waals surface area (Å²) in [5.74, 6) is 0. The molecule has 0 radical (unpaired) electrons. The van der Waals surface area contributed by atoms with Gasteiger partial charge in [0.2, 0.25) is 0 Å². The van der Waals surface area contributed by atoms with Gasteiger partial charge in [-0.15, -0.1) is 0 Å². The smallest absolute Gasteiger partial charge is 0.132 e. The van der Waals surface area contributed by atoms with Crippen LogP contribution in [0.15, 0.2) is 60.7 Å². The molecule has 0 spiro atoms. The highest BCUT2D eigenvalue weighted by Crippen LogP contribution is 2.14.